The molecule has 0 aliphatic heterocycles. The Labute approximate surface area is 160 Å². The van der Waals surface area contributed by atoms with Gasteiger partial charge in [0.2, 0.25) is 0 Å². The van der Waals surface area contributed by atoms with Gasteiger partial charge in [-0.2, -0.15) is 0 Å². The summed E-state index contributed by atoms with van der Waals surface area (Å²) >= 11 is 11.7. The molecule has 1 aliphatic rings. The average Bonchev–Trinajstić information content (AvgIpc) is 3.42. The van der Waals surface area contributed by atoms with Gasteiger partial charge in [0.1, 0.15) is 5.82 Å². The minimum absolute atomic E-state index is 0.0523. The van der Waals surface area contributed by atoms with E-state index >= 15 is 0 Å². The zero-order chi connectivity index (χ0) is 18.8. The van der Waals surface area contributed by atoms with E-state index in [1.165, 1.54) is 11.0 Å². The van der Waals surface area contributed by atoms with Crippen LogP contribution in [0.25, 0.3) is 0 Å². The molecule has 0 spiro atoms. The van der Waals surface area contributed by atoms with Gasteiger partial charge in [-0.05, 0) is 42.7 Å². The monoisotopic (exact) mass is 394 g/mol. The van der Waals surface area contributed by atoms with Gasteiger partial charge in [0, 0.05) is 25.2 Å². The number of carbonyl (C=O) groups excluding carboxylic acids is 2. The Bertz CT molecular complexity index is 851. The maximum Gasteiger partial charge on any atom is 0.255 e. The van der Waals surface area contributed by atoms with Crippen molar-refractivity contribution in [2.45, 2.75) is 25.4 Å². The van der Waals surface area contributed by atoms with Gasteiger partial charge in [0.15, 0.2) is 0 Å². The molecule has 0 aromatic heterocycles. The molecule has 1 fully saturated rings. The van der Waals surface area contributed by atoms with Gasteiger partial charge < -0.3 is 10.2 Å². The highest BCUT2D eigenvalue weighted by Crippen LogP contribution is 2.25. The van der Waals surface area contributed by atoms with E-state index < -0.39 is 11.7 Å². The van der Waals surface area contributed by atoms with E-state index in [0.29, 0.717) is 18.2 Å². The zero-order valence-corrected chi connectivity index (χ0v) is 15.6. The Morgan fingerprint density at radius 2 is 1.81 bits per heavy atom. The Morgan fingerprint density at radius 1 is 1.15 bits per heavy atom. The van der Waals surface area contributed by atoms with Crippen molar-refractivity contribution < 1.29 is 14.0 Å². The fourth-order valence-electron chi connectivity index (χ4n) is 2.50. The van der Waals surface area contributed by atoms with Crippen molar-refractivity contribution >= 4 is 35.0 Å². The molecule has 4 nitrogen and oxygen atoms in total. The van der Waals surface area contributed by atoms with Crippen molar-refractivity contribution in [1.82, 2.24) is 10.2 Å². The lowest BCUT2D eigenvalue weighted by molar-refractivity contribution is 0.0784. The quantitative estimate of drug-likeness (QED) is 0.768. The topological polar surface area (TPSA) is 49.4 Å². The van der Waals surface area contributed by atoms with Crippen molar-refractivity contribution in [3.8, 4) is 0 Å². The van der Waals surface area contributed by atoms with Crippen LogP contribution in [-0.2, 0) is 6.54 Å². The number of benzene rings is 2. The van der Waals surface area contributed by atoms with E-state index in [1.807, 2.05) is 0 Å². The van der Waals surface area contributed by atoms with Crippen molar-refractivity contribution in [2.24, 2.45) is 0 Å². The van der Waals surface area contributed by atoms with Crippen molar-refractivity contribution in [2.75, 3.05) is 7.05 Å². The number of hydrogen-bond acceptors (Lipinski definition) is 2. The third-order valence-electron chi connectivity index (χ3n) is 4.14. The van der Waals surface area contributed by atoms with Gasteiger partial charge in [0.25, 0.3) is 11.8 Å². The predicted molar refractivity (Wildman–Crippen MR) is 99.1 cm³/mol. The molecular formula is C19H17Cl2FN2O2. The van der Waals surface area contributed by atoms with E-state index in [2.05, 4.69) is 5.32 Å². The fraction of sp³-hybridized carbons (Fsp3) is 0.263. The van der Waals surface area contributed by atoms with Gasteiger partial charge in [0.05, 0.1) is 15.6 Å². The molecule has 7 heteroatoms. The minimum atomic E-state index is -0.696. The van der Waals surface area contributed by atoms with Gasteiger partial charge >= 0.3 is 0 Å². The molecule has 1 N–H and O–H groups in total. The Morgan fingerprint density at radius 3 is 2.42 bits per heavy atom. The lowest BCUT2D eigenvalue weighted by Gasteiger charge is -2.18. The maximum absolute atomic E-state index is 13.6. The average molecular weight is 395 g/mol. The first kappa shape index (κ1) is 18.7. The molecule has 0 radical (unpaired) electrons. The number of hydrogen-bond donors (Lipinski definition) is 1. The number of halogens is 3. The third kappa shape index (κ3) is 4.34. The second-order valence-electron chi connectivity index (χ2n) is 6.35. The summed E-state index contributed by atoms with van der Waals surface area (Å²) in [4.78, 5) is 25.9. The number of rotatable bonds is 5. The van der Waals surface area contributed by atoms with Crippen LogP contribution in [0.1, 0.15) is 39.1 Å². The molecule has 26 heavy (non-hydrogen) atoms. The van der Waals surface area contributed by atoms with Crippen molar-refractivity contribution in [1.29, 1.82) is 0 Å². The summed E-state index contributed by atoms with van der Waals surface area (Å²) in [5, 5.41) is 2.89. The highest BCUT2D eigenvalue weighted by Gasteiger charge is 2.23. The van der Waals surface area contributed by atoms with Crippen LogP contribution >= 0.6 is 23.2 Å². The summed E-state index contributed by atoms with van der Waals surface area (Å²) in [6, 6.07) is 9.57. The predicted octanol–water partition coefficient (Wildman–Crippen LogP) is 4.30. The summed E-state index contributed by atoms with van der Waals surface area (Å²) in [7, 11) is 1.60. The second kappa shape index (κ2) is 7.64. The minimum Gasteiger partial charge on any atom is -0.349 e. The molecule has 2 aromatic carbocycles. The molecule has 3 rings (SSSR count). The lowest BCUT2D eigenvalue weighted by atomic mass is 10.1. The van der Waals surface area contributed by atoms with Crippen LogP contribution in [0.2, 0.25) is 10.0 Å². The van der Waals surface area contributed by atoms with Gasteiger partial charge in [-0.3, -0.25) is 9.59 Å². The first-order valence-corrected chi connectivity index (χ1v) is 8.90. The SMILES string of the molecule is CN(Cc1ccc(C(=O)NC2CC2)cc1)C(=O)c1cc(F)c(Cl)cc1Cl. The van der Waals surface area contributed by atoms with E-state index in [4.69, 9.17) is 23.2 Å². The molecular weight excluding hydrogens is 378 g/mol. The molecule has 0 atom stereocenters. The normalized spacial score (nSPS) is 13.4. The smallest absolute Gasteiger partial charge is 0.255 e. The summed E-state index contributed by atoms with van der Waals surface area (Å²) in [5.74, 6) is -1.20. The molecule has 1 saturated carbocycles. The molecule has 1 aliphatic carbocycles. The van der Waals surface area contributed by atoms with Crippen LogP contribution in [0.3, 0.4) is 0 Å². The van der Waals surface area contributed by atoms with Crippen LogP contribution in [0.15, 0.2) is 36.4 Å². The molecule has 0 bridgehead atoms. The van der Waals surface area contributed by atoms with Crippen molar-refractivity contribution in [3.63, 3.8) is 0 Å². The van der Waals surface area contributed by atoms with E-state index in [0.717, 1.165) is 24.5 Å². The number of carbonyl (C=O) groups is 2. The maximum atomic E-state index is 13.6. The highest BCUT2D eigenvalue weighted by atomic mass is 35.5. The molecule has 0 heterocycles. The Kier molecular flexibility index (Phi) is 5.49. The largest absolute Gasteiger partial charge is 0.349 e. The second-order valence-corrected chi connectivity index (χ2v) is 7.17. The lowest BCUT2D eigenvalue weighted by Crippen LogP contribution is -2.27. The van der Waals surface area contributed by atoms with Crippen LogP contribution in [0.4, 0.5) is 4.39 Å². The summed E-state index contributed by atoms with van der Waals surface area (Å²) in [6.45, 7) is 0.296. The first-order valence-electron chi connectivity index (χ1n) is 8.15. The fourth-order valence-corrected chi connectivity index (χ4v) is 2.96. The standard InChI is InChI=1S/C19H17Cl2FN2O2/c1-24(19(26)14-8-17(22)16(21)9-15(14)20)10-11-2-4-12(5-3-11)18(25)23-13-6-7-13/h2-5,8-9,13H,6-7,10H2,1H3,(H,23,25). The molecule has 0 unspecified atom stereocenters. The Hall–Kier alpha value is -2.11. The number of amides is 2. The zero-order valence-electron chi connectivity index (χ0n) is 14.1. The molecule has 0 saturated heterocycles. The Balaban J connectivity index is 1.67. The first-order chi connectivity index (χ1) is 12.3. The third-order valence-corrected chi connectivity index (χ3v) is 4.74. The molecule has 2 amide bonds. The van der Waals surface area contributed by atoms with Crippen molar-refractivity contribution in [3.05, 3.63) is 69.0 Å². The number of nitrogens with zero attached hydrogens (tertiary/aromatic N) is 1. The van der Waals surface area contributed by atoms with Crippen LogP contribution in [0.5, 0.6) is 0 Å². The van der Waals surface area contributed by atoms with Gasteiger partial charge in [-0.15, -0.1) is 0 Å². The van der Waals surface area contributed by atoms with Crippen LogP contribution in [0, 0.1) is 5.82 Å². The summed E-state index contributed by atoms with van der Waals surface area (Å²) < 4.78 is 13.6. The van der Waals surface area contributed by atoms with Gasteiger partial charge in [-0.1, -0.05) is 35.3 Å². The van der Waals surface area contributed by atoms with Gasteiger partial charge in [-0.25, -0.2) is 4.39 Å². The van der Waals surface area contributed by atoms with Crippen LogP contribution < -0.4 is 5.32 Å². The van der Waals surface area contributed by atoms with Crippen LogP contribution in [-0.4, -0.2) is 29.8 Å². The summed E-state index contributed by atoms with van der Waals surface area (Å²) in [6.07, 6.45) is 2.06. The molecule has 136 valence electrons. The highest BCUT2D eigenvalue weighted by molar-refractivity contribution is 6.36. The van der Waals surface area contributed by atoms with E-state index in [1.54, 1.807) is 31.3 Å². The van der Waals surface area contributed by atoms with E-state index in [9.17, 15) is 14.0 Å². The number of nitrogens with one attached hydrogen (secondary N) is 1. The van der Waals surface area contributed by atoms with E-state index in [-0.39, 0.29) is 21.5 Å². The summed E-state index contributed by atoms with van der Waals surface area (Å²) in [5.41, 5.74) is 1.48. The molecule has 2 aromatic rings.